The van der Waals surface area contributed by atoms with Gasteiger partial charge in [-0.3, -0.25) is 4.79 Å². The highest BCUT2D eigenvalue weighted by molar-refractivity contribution is 7.09. The van der Waals surface area contributed by atoms with Crippen molar-refractivity contribution in [3.8, 4) is 5.75 Å². The molecule has 2 aromatic rings. The highest BCUT2D eigenvalue weighted by atomic mass is 35.5. The van der Waals surface area contributed by atoms with Crippen LogP contribution in [0.5, 0.6) is 5.75 Å². The van der Waals surface area contributed by atoms with E-state index in [0.717, 1.165) is 16.5 Å². The van der Waals surface area contributed by atoms with Crippen LogP contribution in [0.4, 0.5) is 0 Å². The molecule has 5 nitrogen and oxygen atoms in total. The van der Waals surface area contributed by atoms with Crippen LogP contribution in [-0.2, 0) is 17.8 Å². The van der Waals surface area contributed by atoms with E-state index in [0.29, 0.717) is 24.1 Å². The van der Waals surface area contributed by atoms with Crippen molar-refractivity contribution in [2.75, 3.05) is 6.54 Å². The largest absolute Gasteiger partial charge is 0.486 e. The zero-order valence-electron chi connectivity index (χ0n) is 13.2. The Balaban J connectivity index is 1.42. The van der Waals surface area contributed by atoms with Gasteiger partial charge in [-0.25, -0.2) is 4.98 Å². The fourth-order valence-electron chi connectivity index (χ4n) is 2.32. The van der Waals surface area contributed by atoms with Crippen molar-refractivity contribution in [1.29, 1.82) is 0 Å². The Labute approximate surface area is 150 Å². The monoisotopic (exact) mass is 365 g/mol. The van der Waals surface area contributed by atoms with E-state index in [-0.39, 0.29) is 18.4 Å². The number of aromatic nitrogens is 1. The van der Waals surface area contributed by atoms with E-state index < -0.39 is 0 Å². The maximum Gasteiger partial charge on any atom is 0.226 e. The van der Waals surface area contributed by atoms with Crippen molar-refractivity contribution in [3.05, 3.63) is 45.4 Å². The fourth-order valence-corrected chi connectivity index (χ4v) is 3.15. The molecule has 128 valence electrons. The Kier molecular flexibility index (Phi) is 5.71. The lowest BCUT2D eigenvalue weighted by molar-refractivity contribution is -0.120. The van der Waals surface area contributed by atoms with E-state index in [9.17, 15) is 4.79 Å². The van der Waals surface area contributed by atoms with Gasteiger partial charge in [0, 0.05) is 23.0 Å². The van der Waals surface area contributed by atoms with Crippen molar-refractivity contribution in [1.82, 2.24) is 10.3 Å². The molecule has 1 aliphatic rings. The number of carbonyl (C=O) groups is 1. The second-order valence-electron chi connectivity index (χ2n) is 5.96. The van der Waals surface area contributed by atoms with Crippen LogP contribution in [0, 0.1) is 5.92 Å². The number of hydrogen-bond donors (Lipinski definition) is 2. The Morgan fingerprint density at radius 2 is 2.17 bits per heavy atom. The number of halogens is 1. The summed E-state index contributed by atoms with van der Waals surface area (Å²) in [5, 5.41) is 6.28. The third-order valence-electron chi connectivity index (χ3n) is 3.88. The number of amides is 1. The molecule has 1 amide bonds. The van der Waals surface area contributed by atoms with Crippen molar-refractivity contribution >= 4 is 28.8 Å². The first-order valence-corrected chi connectivity index (χ1v) is 9.20. The number of nitrogens with one attached hydrogen (secondary N) is 1. The minimum absolute atomic E-state index is 0.0402. The standard InChI is InChI=1S/C17H20ClN3O2S/c18-12-3-5-14(6-4-12)23-9-17-21-13(10-24-17)7-16(22)20-8-15(19)11-1-2-11/h3-6,10-11,15H,1-2,7-9,19H2,(H,20,22). The molecule has 3 rings (SSSR count). The lowest BCUT2D eigenvalue weighted by Crippen LogP contribution is -2.39. The molecule has 1 saturated carbocycles. The van der Waals surface area contributed by atoms with Gasteiger partial charge in [0.05, 0.1) is 12.1 Å². The molecule has 1 atom stereocenters. The van der Waals surface area contributed by atoms with Crippen LogP contribution in [-0.4, -0.2) is 23.5 Å². The molecular formula is C17H20ClN3O2S. The van der Waals surface area contributed by atoms with Crippen molar-refractivity contribution < 1.29 is 9.53 Å². The first kappa shape index (κ1) is 17.2. The molecule has 0 bridgehead atoms. The third kappa shape index (κ3) is 5.19. The van der Waals surface area contributed by atoms with Gasteiger partial charge in [0.1, 0.15) is 17.4 Å². The normalized spacial score (nSPS) is 15.1. The maximum atomic E-state index is 11.9. The van der Waals surface area contributed by atoms with Crippen molar-refractivity contribution in [2.24, 2.45) is 11.7 Å². The molecule has 0 radical (unpaired) electrons. The smallest absolute Gasteiger partial charge is 0.226 e. The van der Waals surface area contributed by atoms with E-state index in [4.69, 9.17) is 22.1 Å². The van der Waals surface area contributed by atoms with Gasteiger partial charge in [-0.15, -0.1) is 11.3 Å². The summed E-state index contributed by atoms with van der Waals surface area (Å²) in [4.78, 5) is 16.4. The van der Waals surface area contributed by atoms with Crippen LogP contribution in [0.2, 0.25) is 5.02 Å². The van der Waals surface area contributed by atoms with E-state index in [1.54, 1.807) is 12.1 Å². The number of nitrogens with zero attached hydrogens (tertiary/aromatic N) is 1. The summed E-state index contributed by atoms with van der Waals surface area (Å²) in [5.41, 5.74) is 6.73. The number of thiazole rings is 1. The first-order valence-electron chi connectivity index (χ1n) is 7.94. The summed E-state index contributed by atoms with van der Waals surface area (Å²) in [5.74, 6) is 1.28. The minimum Gasteiger partial charge on any atom is -0.486 e. The number of hydrogen-bond acceptors (Lipinski definition) is 5. The Morgan fingerprint density at radius 1 is 1.42 bits per heavy atom. The van der Waals surface area contributed by atoms with E-state index in [1.807, 2.05) is 17.5 Å². The molecule has 1 fully saturated rings. The van der Waals surface area contributed by atoms with Gasteiger partial charge in [-0.05, 0) is 43.0 Å². The van der Waals surface area contributed by atoms with Gasteiger partial charge < -0.3 is 15.8 Å². The summed E-state index contributed by atoms with van der Waals surface area (Å²) >= 11 is 7.32. The molecule has 7 heteroatoms. The summed E-state index contributed by atoms with van der Waals surface area (Å²) in [6, 6.07) is 7.26. The van der Waals surface area contributed by atoms with Crippen LogP contribution in [0.25, 0.3) is 0 Å². The van der Waals surface area contributed by atoms with E-state index in [1.165, 1.54) is 24.2 Å². The summed E-state index contributed by atoms with van der Waals surface area (Å²) in [6.07, 6.45) is 2.63. The van der Waals surface area contributed by atoms with Gasteiger partial charge >= 0.3 is 0 Å². The number of carbonyl (C=O) groups excluding carboxylic acids is 1. The van der Waals surface area contributed by atoms with E-state index >= 15 is 0 Å². The topological polar surface area (TPSA) is 77.2 Å². The zero-order chi connectivity index (χ0) is 16.9. The van der Waals surface area contributed by atoms with Crippen LogP contribution in [0.1, 0.15) is 23.5 Å². The van der Waals surface area contributed by atoms with Crippen LogP contribution < -0.4 is 15.8 Å². The van der Waals surface area contributed by atoms with Crippen molar-refractivity contribution in [2.45, 2.75) is 31.9 Å². The van der Waals surface area contributed by atoms with Gasteiger partial charge in [0.2, 0.25) is 5.91 Å². The van der Waals surface area contributed by atoms with Gasteiger partial charge in [-0.1, -0.05) is 11.6 Å². The van der Waals surface area contributed by atoms with Gasteiger partial charge in [-0.2, -0.15) is 0 Å². The van der Waals surface area contributed by atoms with Gasteiger partial charge in [0.25, 0.3) is 0 Å². The number of ether oxygens (including phenoxy) is 1. The third-order valence-corrected chi connectivity index (χ3v) is 5.00. The summed E-state index contributed by atoms with van der Waals surface area (Å²) < 4.78 is 5.65. The number of rotatable bonds is 8. The molecule has 1 aromatic heterocycles. The molecular weight excluding hydrogens is 346 g/mol. The van der Waals surface area contributed by atoms with Crippen LogP contribution in [0.3, 0.4) is 0 Å². The summed E-state index contributed by atoms with van der Waals surface area (Å²) in [7, 11) is 0. The average molecular weight is 366 g/mol. The fraction of sp³-hybridized carbons (Fsp3) is 0.412. The number of nitrogens with two attached hydrogens (primary N) is 1. The Hall–Kier alpha value is -1.63. The zero-order valence-corrected chi connectivity index (χ0v) is 14.8. The SMILES string of the molecule is NC(CNC(=O)Cc1csc(COc2ccc(Cl)cc2)n1)C1CC1. The molecule has 1 aliphatic carbocycles. The minimum atomic E-state index is -0.0402. The lowest BCUT2D eigenvalue weighted by atomic mass is 10.2. The predicted molar refractivity (Wildman–Crippen MR) is 95.3 cm³/mol. The van der Waals surface area contributed by atoms with Crippen LogP contribution in [0.15, 0.2) is 29.6 Å². The molecule has 0 aliphatic heterocycles. The quantitative estimate of drug-likeness (QED) is 0.754. The summed E-state index contributed by atoms with van der Waals surface area (Å²) in [6.45, 7) is 0.917. The van der Waals surface area contributed by atoms with Crippen LogP contribution >= 0.6 is 22.9 Å². The first-order chi connectivity index (χ1) is 11.6. The van der Waals surface area contributed by atoms with Gasteiger partial charge in [0.15, 0.2) is 0 Å². The second kappa shape index (κ2) is 7.96. The highest BCUT2D eigenvalue weighted by Gasteiger charge is 2.28. The van der Waals surface area contributed by atoms with Crippen molar-refractivity contribution in [3.63, 3.8) is 0 Å². The number of benzene rings is 1. The molecule has 0 spiro atoms. The second-order valence-corrected chi connectivity index (χ2v) is 7.34. The molecule has 1 aromatic carbocycles. The molecule has 3 N–H and O–H groups in total. The maximum absolute atomic E-state index is 11.9. The Morgan fingerprint density at radius 3 is 2.88 bits per heavy atom. The lowest BCUT2D eigenvalue weighted by Gasteiger charge is -2.10. The van der Waals surface area contributed by atoms with E-state index in [2.05, 4.69) is 10.3 Å². The average Bonchev–Trinajstić information content (AvgIpc) is 3.33. The molecule has 1 unspecified atom stereocenters. The molecule has 24 heavy (non-hydrogen) atoms. The molecule has 0 saturated heterocycles. The predicted octanol–water partition coefficient (Wildman–Crippen LogP) is 2.77. The highest BCUT2D eigenvalue weighted by Crippen LogP contribution is 2.31. The molecule has 1 heterocycles. The Bertz CT molecular complexity index is 685.